The molecule has 0 spiro atoms. The van der Waals surface area contributed by atoms with Crippen molar-refractivity contribution < 1.29 is 9.59 Å². The molecule has 0 radical (unpaired) electrons. The molecule has 7 heteroatoms. The zero-order valence-electron chi connectivity index (χ0n) is 18.6. The number of nitrogens with one attached hydrogen (secondary N) is 2. The first-order chi connectivity index (χ1) is 15.5. The van der Waals surface area contributed by atoms with Gasteiger partial charge in [-0.1, -0.05) is 12.1 Å². The fourth-order valence-electron chi connectivity index (χ4n) is 4.48. The van der Waals surface area contributed by atoms with Gasteiger partial charge in [0.15, 0.2) is 0 Å². The Morgan fingerprint density at radius 2 is 1.81 bits per heavy atom. The first-order valence-electron chi connectivity index (χ1n) is 11.5. The number of carbonyl (C=O) groups is 2. The molecule has 3 aliphatic rings. The summed E-state index contributed by atoms with van der Waals surface area (Å²) in [7, 11) is 2.11. The van der Waals surface area contributed by atoms with E-state index in [-0.39, 0.29) is 29.8 Å². The average Bonchev–Trinajstić information content (AvgIpc) is 3.59. The van der Waals surface area contributed by atoms with Crippen molar-refractivity contribution in [1.29, 1.82) is 0 Å². The Kier molecular flexibility index (Phi) is 5.51. The van der Waals surface area contributed by atoms with Crippen LogP contribution < -0.4 is 10.6 Å². The Balaban J connectivity index is 1.36. The quantitative estimate of drug-likeness (QED) is 0.761. The zero-order chi connectivity index (χ0) is 22.2. The van der Waals surface area contributed by atoms with E-state index >= 15 is 0 Å². The number of likely N-dealkylation sites (tertiary alicyclic amines) is 1. The Morgan fingerprint density at radius 3 is 2.56 bits per heavy atom. The van der Waals surface area contributed by atoms with Crippen molar-refractivity contribution in [3.05, 3.63) is 47.8 Å². The Labute approximate surface area is 188 Å². The summed E-state index contributed by atoms with van der Waals surface area (Å²) < 4.78 is 0. The maximum Gasteiger partial charge on any atom is 0.270 e. The van der Waals surface area contributed by atoms with Crippen molar-refractivity contribution in [2.24, 2.45) is 10.9 Å². The SMILES string of the molecule is C[C@@H]1N=C(C(=O)NC2CCN(C)CC2)c2cc(-c3cncc(NC(=O)C4CC4)c3)ccc21. The molecule has 7 nitrogen and oxygen atoms in total. The fourth-order valence-corrected chi connectivity index (χ4v) is 4.48. The van der Waals surface area contributed by atoms with Gasteiger partial charge in [-0.2, -0.15) is 0 Å². The van der Waals surface area contributed by atoms with Gasteiger partial charge < -0.3 is 15.5 Å². The molecule has 1 aromatic carbocycles. The summed E-state index contributed by atoms with van der Waals surface area (Å²) >= 11 is 0. The minimum atomic E-state index is -0.0918. The molecule has 5 rings (SSSR count). The van der Waals surface area contributed by atoms with E-state index in [0.717, 1.165) is 61.0 Å². The minimum absolute atomic E-state index is 0.0421. The van der Waals surface area contributed by atoms with Gasteiger partial charge in [-0.3, -0.25) is 19.6 Å². The number of amides is 2. The van der Waals surface area contributed by atoms with Crippen molar-refractivity contribution in [2.75, 3.05) is 25.5 Å². The third-order valence-electron chi connectivity index (χ3n) is 6.64. The van der Waals surface area contributed by atoms with Gasteiger partial charge in [0.1, 0.15) is 5.71 Å². The third kappa shape index (κ3) is 4.30. The number of benzene rings is 1. The Bertz CT molecular complexity index is 1080. The van der Waals surface area contributed by atoms with Gasteiger partial charge >= 0.3 is 0 Å². The number of hydrogen-bond acceptors (Lipinski definition) is 5. The van der Waals surface area contributed by atoms with Crippen LogP contribution in [-0.4, -0.2) is 53.6 Å². The predicted molar refractivity (Wildman–Crippen MR) is 125 cm³/mol. The number of aliphatic imine (C=N–C) groups is 1. The minimum Gasteiger partial charge on any atom is -0.348 e. The molecule has 2 fully saturated rings. The van der Waals surface area contributed by atoms with Crippen LogP contribution in [-0.2, 0) is 9.59 Å². The molecular formula is C25H29N5O2. The van der Waals surface area contributed by atoms with Crippen LogP contribution in [0.25, 0.3) is 11.1 Å². The van der Waals surface area contributed by atoms with Crippen LogP contribution >= 0.6 is 0 Å². The molecule has 1 atom stereocenters. The number of nitrogens with zero attached hydrogens (tertiary/aromatic N) is 3. The van der Waals surface area contributed by atoms with E-state index in [1.807, 2.05) is 31.2 Å². The summed E-state index contributed by atoms with van der Waals surface area (Å²) in [6.45, 7) is 4.01. The molecule has 32 heavy (non-hydrogen) atoms. The molecule has 1 saturated carbocycles. The molecular weight excluding hydrogens is 402 g/mol. The predicted octanol–water partition coefficient (Wildman–Crippen LogP) is 3.17. The lowest BCUT2D eigenvalue weighted by Crippen LogP contribution is -2.45. The van der Waals surface area contributed by atoms with Crippen LogP contribution in [0.5, 0.6) is 0 Å². The van der Waals surface area contributed by atoms with Crippen LogP contribution in [0.3, 0.4) is 0 Å². The highest BCUT2D eigenvalue weighted by atomic mass is 16.2. The van der Waals surface area contributed by atoms with Crippen molar-refractivity contribution >= 4 is 23.2 Å². The molecule has 0 bridgehead atoms. The lowest BCUT2D eigenvalue weighted by Gasteiger charge is -2.29. The Morgan fingerprint density at radius 1 is 1.03 bits per heavy atom. The molecule has 1 aliphatic carbocycles. The monoisotopic (exact) mass is 431 g/mol. The Hall–Kier alpha value is -3.06. The number of rotatable bonds is 5. The summed E-state index contributed by atoms with van der Waals surface area (Å²) in [4.78, 5) is 36.5. The number of pyridine rings is 1. The summed E-state index contributed by atoms with van der Waals surface area (Å²) in [6.07, 6.45) is 7.29. The van der Waals surface area contributed by atoms with Gasteiger partial charge in [0.05, 0.1) is 17.9 Å². The van der Waals surface area contributed by atoms with Gasteiger partial charge in [-0.25, -0.2) is 0 Å². The van der Waals surface area contributed by atoms with Crippen LogP contribution in [0.2, 0.25) is 0 Å². The summed E-state index contributed by atoms with van der Waals surface area (Å²) in [5.41, 5.74) is 5.01. The highest BCUT2D eigenvalue weighted by Crippen LogP contribution is 2.34. The second-order valence-corrected chi connectivity index (χ2v) is 9.23. The van der Waals surface area contributed by atoms with Crippen LogP contribution in [0, 0.1) is 5.92 Å². The van der Waals surface area contributed by atoms with Gasteiger partial charge in [0.2, 0.25) is 5.91 Å². The highest BCUT2D eigenvalue weighted by molar-refractivity contribution is 6.46. The smallest absolute Gasteiger partial charge is 0.270 e. The van der Waals surface area contributed by atoms with Gasteiger partial charge in [0.25, 0.3) is 5.91 Å². The normalized spacial score (nSPS) is 21.1. The number of fused-ring (bicyclic) bond motifs is 1. The lowest BCUT2D eigenvalue weighted by molar-refractivity contribution is -0.117. The van der Waals surface area contributed by atoms with E-state index < -0.39 is 0 Å². The largest absolute Gasteiger partial charge is 0.348 e. The summed E-state index contributed by atoms with van der Waals surface area (Å²) in [6, 6.07) is 8.19. The molecule has 0 unspecified atom stereocenters. The van der Waals surface area contributed by atoms with E-state index in [1.165, 1.54) is 0 Å². The highest BCUT2D eigenvalue weighted by Gasteiger charge is 2.30. The van der Waals surface area contributed by atoms with E-state index in [4.69, 9.17) is 0 Å². The van der Waals surface area contributed by atoms with Gasteiger partial charge in [-0.05, 0) is 76.0 Å². The van der Waals surface area contributed by atoms with Crippen molar-refractivity contribution in [1.82, 2.24) is 15.2 Å². The second-order valence-electron chi connectivity index (χ2n) is 9.23. The second kappa shape index (κ2) is 8.47. The standard InChI is InChI=1S/C25H29N5O2/c1-15-21-6-5-17(18-11-20(14-26-13-18)29-24(31)16-3-4-16)12-22(21)23(27-15)25(32)28-19-7-9-30(2)10-8-19/h5-6,11-16,19H,3-4,7-10H2,1-2H3,(H,28,32)(H,29,31)/t15-/m0/s1. The van der Waals surface area contributed by atoms with E-state index in [1.54, 1.807) is 12.4 Å². The van der Waals surface area contributed by atoms with Crippen LogP contribution in [0.1, 0.15) is 49.8 Å². The lowest BCUT2D eigenvalue weighted by atomic mass is 9.96. The third-order valence-corrected chi connectivity index (χ3v) is 6.64. The number of aromatic nitrogens is 1. The van der Waals surface area contributed by atoms with Gasteiger partial charge in [0, 0.05) is 29.3 Å². The molecule has 166 valence electrons. The fraction of sp³-hybridized carbons (Fsp3) is 0.440. The van der Waals surface area contributed by atoms with Crippen LogP contribution in [0.4, 0.5) is 5.69 Å². The van der Waals surface area contributed by atoms with Crippen molar-refractivity contribution in [3.8, 4) is 11.1 Å². The van der Waals surface area contributed by atoms with Crippen molar-refractivity contribution in [2.45, 2.75) is 44.7 Å². The number of carbonyl (C=O) groups excluding carboxylic acids is 2. The number of hydrogen-bond donors (Lipinski definition) is 2. The van der Waals surface area contributed by atoms with Crippen LogP contribution in [0.15, 0.2) is 41.7 Å². The molecule has 2 aromatic rings. The number of anilines is 1. The van der Waals surface area contributed by atoms with E-state index in [0.29, 0.717) is 11.4 Å². The molecule has 2 N–H and O–H groups in total. The van der Waals surface area contributed by atoms with Gasteiger partial charge in [-0.15, -0.1) is 0 Å². The maximum absolute atomic E-state index is 13.1. The maximum atomic E-state index is 13.1. The topological polar surface area (TPSA) is 86.7 Å². The summed E-state index contributed by atoms with van der Waals surface area (Å²) in [5, 5.41) is 6.15. The first kappa shape index (κ1) is 20.8. The number of piperidine rings is 1. The zero-order valence-corrected chi connectivity index (χ0v) is 18.6. The first-order valence-corrected chi connectivity index (χ1v) is 11.5. The molecule has 1 saturated heterocycles. The molecule has 1 aromatic heterocycles. The molecule has 3 heterocycles. The average molecular weight is 432 g/mol. The van der Waals surface area contributed by atoms with E-state index in [2.05, 4.69) is 32.6 Å². The summed E-state index contributed by atoms with van der Waals surface area (Å²) in [5.74, 6) is 0.111. The molecule has 2 aliphatic heterocycles. The molecule has 2 amide bonds. The van der Waals surface area contributed by atoms with E-state index in [9.17, 15) is 9.59 Å². The van der Waals surface area contributed by atoms with Crippen molar-refractivity contribution in [3.63, 3.8) is 0 Å².